The summed E-state index contributed by atoms with van der Waals surface area (Å²) in [5.74, 6) is -0.617. The number of fused-ring (bicyclic) bond motifs is 6. The number of aromatic amines is 4. The minimum absolute atomic E-state index is 0. The summed E-state index contributed by atoms with van der Waals surface area (Å²) < 4.78 is 52.0. The summed E-state index contributed by atoms with van der Waals surface area (Å²) in [6.07, 6.45) is 7.97. The van der Waals surface area contributed by atoms with Crippen molar-refractivity contribution in [2.75, 3.05) is 76.3 Å². The van der Waals surface area contributed by atoms with Gasteiger partial charge in [-0.25, -0.2) is 72.6 Å². The Labute approximate surface area is 765 Å². The summed E-state index contributed by atoms with van der Waals surface area (Å²) in [6, 6.07) is 37.1. The third kappa shape index (κ3) is 34.8. The van der Waals surface area contributed by atoms with Gasteiger partial charge in [0.2, 0.25) is 22.9 Å². The van der Waals surface area contributed by atoms with Crippen molar-refractivity contribution >= 4 is 127 Å². The number of nitrogens with two attached hydrogens (primary N) is 1. The number of pyridine rings is 8. The van der Waals surface area contributed by atoms with E-state index in [-0.39, 0.29) is 65.3 Å². The number of nitrogen functional groups attached to an aromatic ring is 1. The molecule has 0 spiro atoms. The van der Waals surface area contributed by atoms with Gasteiger partial charge in [-0.1, -0.05) is 40.5 Å². The fraction of sp³-hybridized carbons (Fsp3) is 0.366. The SMILES string of the molecule is C.C.C.CC(C)(C)OC(=O)OC(=O)OC(C)(C)C.CCO.CCOC(=O)C1(O)Cc2cccnc2N1C.CCOC(=O)c1cc2ccc(=O)[nH]c2[nH]1.CCOC(=O)c1cc2ccc(OC(C)=O)nc2[nH]1.CCOC(=O)c1cc2ccc[n+]([O-])c2n1C.CCOC(=O)c1cc2cccnc2[nH]1.CCOC(=O)c1cc2cccnc2n1C.CNc1ncccc1C.Cc1cccnc1N. The Morgan fingerprint density at radius 2 is 0.977 bits per heavy atom. The molecule has 39 heteroatoms. The second kappa shape index (κ2) is 54.9. The standard InChI is InChI=1S/C12H12N2O4.C11H14N2O3.C11H12N2O3.C11H12N2O2.C10H10N2O3.C10H10N2O2.C10H18O5.C7H10N2.C6H8N2.C2H6O.3CH4/c1-3-17-12(16)9-6-8-4-5-10(18-7(2)15)14-11(8)13-9;1-3-16-10(14)11(15)7-8-5-4-6-12-9(8)13(11)2;1-3-16-11(14)9-7-8-5-4-6-13(15)10(8)12(9)2;1-3-15-11(14)9-7-8-5-4-6-12-10(8)13(9)2;1-2-15-10(14)7-5-6-3-4-8(13)12-9(6)11-7;1-2-14-10(13)8-6-7-4-3-5-11-9(7)12-8;1-9(2,3)14-7(11)13-8(12)15-10(4,5)6;1-6-4-3-5-9-7(6)8-2;1-5-3-2-4-8-6(5)7;1-2-3;;;/h4-6H,3H2,1-2H3,(H,13,14);4-6,15H,3,7H2,1-2H3;4-7H,3H2,1-2H3;4-7H,3H2,1-2H3;3-5H,2H2,1H3,(H2,11,12,13);3-6H,2H2,1H3,(H,11,12);1-6H3;3-5H,1-2H3,(H,8,9);2-4H,1H3,(H2,7,8);3H,2H2,1H3;3*1H4. The highest BCUT2D eigenvalue weighted by Gasteiger charge is 2.49. The topological polar surface area (TPSA) is 522 Å². The van der Waals surface area contributed by atoms with Gasteiger partial charge in [-0.05, 0) is 206 Å². The van der Waals surface area contributed by atoms with Gasteiger partial charge in [0.05, 0.1) is 58.3 Å². The predicted molar refractivity (Wildman–Crippen MR) is 501 cm³/mol. The normalized spacial score (nSPS) is 11.6. The number of H-pyrrole nitrogens is 4. The first-order chi connectivity index (χ1) is 61.1. The Morgan fingerprint density at radius 1 is 0.530 bits per heavy atom. The van der Waals surface area contributed by atoms with Crippen LogP contribution in [0.4, 0.5) is 27.0 Å². The molecule has 14 rings (SSSR count). The van der Waals surface area contributed by atoms with Crippen molar-refractivity contribution in [3.63, 3.8) is 0 Å². The summed E-state index contributed by atoms with van der Waals surface area (Å²) in [5, 5.41) is 36.5. The van der Waals surface area contributed by atoms with Crippen LogP contribution in [0.5, 0.6) is 5.88 Å². The average molecular weight is 1830 g/mol. The van der Waals surface area contributed by atoms with Gasteiger partial charge in [0.1, 0.15) is 74.0 Å². The molecule has 9 N–H and O–H groups in total. The molecule has 0 bridgehead atoms. The first kappa shape index (κ1) is 113. The molecule has 0 amide bonds. The highest BCUT2D eigenvalue weighted by molar-refractivity contribution is 5.97. The Kier molecular flexibility index (Phi) is 47.0. The minimum Gasteiger partial charge on any atom is -0.711 e. The summed E-state index contributed by atoms with van der Waals surface area (Å²) in [5.41, 5.74) is 10.2. The molecule has 39 nitrogen and oxygen atoms in total. The van der Waals surface area contributed by atoms with E-state index in [4.69, 9.17) is 53.5 Å². The number of ether oxygens (including phenoxy) is 10. The zero-order valence-electron chi connectivity index (χ0n) is 75.8. The lowest BCUT2D eigenvalue weighted by molar-refractivity contribution is -0.580. The third-order valence-electron chi connectivity index (χ3n) is 16.8. The van der Waals surface area contributed by atoms with Crippen molar-refractivity contribution in [2.24, 2.45) is 14.1 Å². The summed E-state index contributed by atoms with van der Waals surface area (Å²) in [4.78, 5) is 150. The van der Waals surface area contributed by atoms with Crippen molar-refractivity contribution in [3.05, 3.63) is 225 Å². The summed E-state index contributed by atoms with van der Waals surface area (Å²) >= 11 is 0. The van der Waals surface area contributed by atoms with Crippen molar-refractivity contribution < 1.29 is 105 Å². The van der Waals surface area contributed by atoms with Crippen molar-refractivity contribution in [1.29, 1.82) is 0 Å². The first-order valence-corrected chi connectivity index (χ1v) is 40.5. The number of carbonyl (C=O) groups is 9. The number of anilines is 3. The number of aryl methyl sites for hydroxylation is 4. The van der Waals surface area contributed by atoms with E-state index in [1.807, 2.05) is 82.5 Å². The van der Waals surface area contributed by atoms with E-state index < -0.39 is 59.1 Å². The number of hydrogen-bond acceptors (Lipinski definition) is 32. The fourth-order valence-electron chi connectivity index (χ4n) is 11.2. The molecule has 0 aromatic carbocycles. The molecule has 0 aliphatic carbocycles. The van der Waals surface area contributed by atoms with E-state index in [1.165, 1.54) is 29.7 Å². The zero-order chi connectivity index (χ0) is 95.9. The second-order valence-corrected chi connectivity index (χ2v) is 28.9. The van der Waals surface area contributed by atoms with Gasteiger partial charge in [-0.3, -0.25) is 9.59 Å². The monoisotopic (exact) mass is 1830 g/mol. The molecule has 0 radical (unpaired) electrons. The van der Waals surface area contributed by atoms with Crippen LogP contribution in [0, 0.1) is 19.1 Å². The maximum Gasteiger partial charge on any atom is 0.519 e. The molecule has 714 valence electrons. The van der Waals surface area contributed by atoms with Crippen LogP contribution in [0.15, 0.2) is 169 Å². The number of likely N-dealkylation sites (N-methyl/N-ethyl adjacent to an activating group) is 1. The number of aliphatic hydroxyl groups excluding tert-OH is 1. The van der Waals surface area contributed by atoms with Gasteiger partial charge >= 0.3 is 54.1 Å². The van der Waals surface area contributed by atoms with Crippen LogP contribution in [-0.4, -0.2) is 201 Å². The minimum atomic E-state index is -1.62. The Bertz CT molecular complexity index is 5880. The van der Waals surface area contributed by atoms with Crippen LogP contribution in [0.1, 0.15) is 188 Å². The zero-order valence-corrected chi connectivity index (χ0v) is 75.8. The van der Waals surface area contributed by atoms with Crippen LogP contribution >= 0.6 is 0 Å². The van der Waals surface area contributed by atoms with Gasteiger partial charge in [-0.2, -0.15) is 4.98 Å². The molecular formula is C93H124N16O23. The van der Waals surface area contributed by atoms with Gasteiger partial charge in [-0.15, -0.1) is 0 Å². The van der Waals surface area contributed by atoms with Crippen LogP contribution in [0.25, 0.3) is 55.2 Å². The maximum absolute atomic E-state index is 11.7. The van der Waals surface area contributed by atoms with E-state index in [0.717, 1.165) is 54.3 Å². The molecule has 13 aromatic heterocycles. The molecule has 1 unspecified atom stereocenters. The maximum atomic E-state index is 11.7. The van der Waals surface area contributed by atoms with Crippen molar-refractivity contribution in [3.8, 4) is 5.88 Å². The first-order valence-electron chi connectivity index (χ1n) is 40.5. The predicted octanol–water partition coefficient (Wildman–Crippen LogP) is 14.7. The van der Waals surface area contributed by atoms with Crippen LogP contribution in [-0.2, 0) is 72.7 Å². The number of hydrogen-bond donors (Lipinski definition) is 8. The molecule has 13 aromatic rings. The van der Waals surface area contributed by atoms with Crippen LogP contribution in [0.2, 0.25) is 0 Å². The van der Waals surface area contributed by atoms with Crippen molar-refractivity contribution in [1.82, 2.24) is 59.0 Å². The van der Waals surface area contributed by atoms with E-state index in [9.17, 15) is 58.3 Å². The molecule has 1 atom stereocenters. The van der Waals surface area contributed by atoms with Crippen LogP contribution < -0.4 is 31.0 Å². The lowest BCUT2D eigenvalue weighted by Gasteiger charge is -2.28. The van der Waals surface area contributed by atoms with E-state index in [0.29, 0.717) is 95.7 Å². The highest BCUT2D eigenvalue weighted by Crippen LogP contribution is 2.35. The number of rotatable bonds is 14. The van der Waals surface area contributed by atoms with Gasteiger partial charge in [0.15, 0.2) is 0 Å². The molecule has 132 heavy (non-hydrogen) atoms. The number of carbonyl (C=O) groups excluding carboxylic acids is 9. The Morgan fingerprint density at radius 3 is 1.45 bits per heavy atom. The molecular weight excluding hydrogens is 1710 g/mol. The lowest BCUT2D eigenvalue weighted by atomic mass is 10.1. The van der Waals surface area contributed by atoms with Crippen molar-refractivity contribution in [2.45, 2.75) is 156 Å². The molecule has 1 aliphatic heterocycles. The summed E-state index contributed by atoms with van der Waals surface area (Å²) in [7, 11) is 6.98. The number of aromatic nitrogens is 13. The molecule has 0 fully saturated rings. The quantitative estimate of drug-likeness (QED) is 0.0165. The lowest BCUT2D eigenvalue weighted by Crippen LogP contribution is -2.52. The number of aliphatic hydroxyl groups is 2. The largest absolute Gasteiger partial charge is 0.711 e. The Balaban J connectivity index is 0.000000502. The number of esters is 7. The van der Waals surface area contributed by atoms with Gasteiger partial charge < -0.3 is 103 Å². The molecule has 0 saturated heterocycles. The van der Waals surface area contributed by atoms with Gasteiger partial charge in [0, 0.05) is 117 Å². The van der Waals surface area contributed by atoms with E-state index >= 15 is 0 Å². The third-order valence-corrected chi connectivity index (χ3v) is 16.8. The summed E-state index contributed by atoms with van der Waals surface area (Å²) in [6.45, 7) is 29.7. The molecule has 1 aliphatic rings. The van der Waals surface area contributed by atoms with Crippen LogP contribution in [0.3, 0.4) is 0 Å². The molecule has 0 saturated carbocycles. The fourth-order valence-corrected chi connectivity index (χ4v) is 11.2. The highest BCUT2D eigenvalue weighted by atomic mass is 16.8. The number of nitrogens with zero attached hydrogens (tertiary/aromatic N) is 10. The van der Waals surface area contributed by atoms with E-state index in [2.05, 4.69) is 59.9 Å². The second-order valence-electron chi connectivity index (χ2n) is 28.9. The molecule has 14 heterocycles. The van der Waals surface area contributed by atoms with E-state index in [1.54, 1.807) is 211 Å². The number of nitrogens with one attached hydrogen (secondary N) is 5. The average Bonchev–Trinajstić information content (AvgIpc) is 1.60. The Hall–Kier alpha value is -15.2. The van der Waals surface area contributed by atoms with Gasteiger partial charge in [0.25, 0.3) is 5.65 Å². The smallest absolute Gasteiger partial charge is 0.519 e.